The zero-order valence-electron chi connectivity index (χ0n) is 16.7. The Kier molecular flexibility index (Phi) is 6.02. The normalized spacial score (nSPS) is 12.1. The minimum atomic E-state index is -0.702. The minimum absolute atomic E-state index is 0.218. The molecule has 0 unspecified atom stereocenters. The van der Waals surface area contributed by atoms with Crippen LogP contribution < -0.4 is 5.32 Å². The third-order valence-electron chi connectivity index (χ3n) is 4.07. The predicted molar refractivity (Wildman–Crippen MR) is 110 cm³/mol. The Hall–Kier alpha value is -2.74. The summed E-state index contributed by atoms with van der Waals surface area (Å²) in [6, 6.07) is 5.65. The van der Waals surface area contributed by atoms with Gasteiger partial charge in [-0.15, -0.1) is 10.2 Å². The number of pyridine rings is 1. The smallest absolute Gasteiger partial charge is 0.243 e. The van der Waals surface area contributed by atoms with Crippen molar-refractivity contribution in [3.63, 3.8) is 0 Å². The van der Waals surface area contributed by atoms with Crippen LogP contribution in [0.15, 0.2) is 46.3 Å². The minimum Gasteiger partial charge on any atom is -0.353 e. The van der Waals surface area contributed by atoms with E-state index in [1.807, 2.05) is 31.4 Å². The zero-order valence-corrected chi connectivity index (χ0v) is 17.5. The number of carbonyl (C=O) groups is 1. The summed E-state index contributed by atoms with van der Waals surface area (Å²) in [5, 5.41) is 11.0. The van der Waals surface area contributed by atoms with Crippen molar-refractivity contribution in [3.05, 3.63) is 59.6 Å². The van der Waals surface area contributed by atoms with Crippen LogP contribution in [-0.4, -0.2) is 27.0 Å². The fourth-order valence-corrected chi connectivity index (χ4v) is 3.70. The van der Waals surface area contributed by atoms with E-state index in [0.717, 1.165) is 28.5 Å². The Morgan fingerprint density at radius 3 is 2.69 bits per heavy atom. The van der Waals surface area contributed by atoms with Crippen molar-refractivity contribution in [1.82, 2.24) is 19.9 Å². The molecule has 0 aliphatic heterocycles. The largest absolute Gasteiger partial charge is 0.353 e. The molecule has 2 heterocycles. The molecular weight excluding hydrogens is 394 g/mol. The van der Waals surface area contributed by atoms with Gasteiger partial charge >= 0.3 is 0 Å². The van der Waals surface area contributed by atoms with Gasteiger partial charge in [0.2, 0.25) is 5.91 Å². The maximum atomic E-state index is 14.6. The summed E-state index contributed by atoms with van der Waals surface area (Å²) in [4.78, 5) is 12.7. The maximum absolute atomic E-state index is 14.6. The van der Waals surface area contributed by atoms with Crippen LogP contribution in [0.25, 0.3) is 11.7 Å². The number of carbonyl (C=O) groups excluding carboxylic acids is 1. The Bertz CT molecular complexity index is 1090. The van der Waals surface area contributed by atoms with Crippen molar-refractivity contribution in [2.45, 2.75) is 42.9 Å². The van der Waals surface area contributed by atoms with Crippen molar-refractivity contribution in [3.8, 4) is 0 Å². The molecule has 152 valence electrons. The highest BCUT2D eigenvalue weighted by atomic mass is 32.2. The van der Waals surface area contributed by atoms with Crippen LogP contribution in [-0.2, 0) is 10.2 Å². The van der Waals surface area contributed by atoms with Gasteiger partial charge in [-0.2, -0.15) is 0 Å². The molecule has 0 saturated carbocycles. The van der Waals surface area contributed by atoms with Crippen LogP contribution in [0.4, 0.5) is 8.78 Å². The molecule has 0 atom stereocenters. The Morgan fingerprint density at radius 2 is 2.00 bits per heavy atom. The zero-order chi connectivity index (χ0) is 21.2. The summed E-state index contributed by atoms with van der Waals surface area (Å²) >= 11 is 1.15. The van der Waals surface area contributed by atoms with Crippen LogP contribution in [0.5, 0.6) is 0 Å². The Balaban J connectivity index is 2.00. The summed E-state index contributed by atoms with van der Waals surface area (Å²) in [6.45, 7) is 8.37. The molecule has 0 aliphatic carbocycles. The second kappa shape index (κ2) is 8.32. The monoisotopic (exact) mass is 416 g/mol. The van der Waals surface area contributed by atoms with Crippen molar-refractivity contribution in [2.24, 2.45) is 0 Å². The average Bonchev–Trinajstić information content (AvgIpc) is 3.06. The molecule has 5 nitrogen and oxygen atoms in total. The fraction of sp³-hybridized carbons (Fsp3) is 0.286. The Morgan fingerprint density at radius 1 is 1.24 bits per heavy atom. The highest BCUT2D eigenvalue weighted by Gasteiger charge is 2.21. The van der Waals surface area contributed by atoms with Gasteiger partial charge in [-0.05, 0) is 36.8 Å². The number of fused-ring (bicyclic) bond motifs is 1. The van der Waals surface area contributed by atoms with Gasteiger partial charge in [0.05, 0.1) is 4.90 Å². The number of hydrogen-bond donors (Lipinski definition) is 1. The second-order valence-corrected chi connectivity index (χ2v) is 8.59. The molecule has 0 saturated heterocycles. The molecule has 0 radical (unpaired) electrons. The number of likely N-dealkylation sites (N-methyl/N-ethyl adjacent to an activating group) is 1. The van der Waals surface area contributed by atoms with Crippen molar-refractivity contribution in [1.29, 1.82) is 0 Å². The first-order valence-electron chi connectivity index (χ1n) is 9.17. The lowest BCUT2D eigenvalue weighted by atomic mass is 9.96. The van der Waals surface area contributed by atoms with Gasteiger partial charge in [0, 0.05) is 35.2 Å². The summed E-state index contributed by atoms with van der Waals surface area (Å²) in [5.41, 5.74) is 0.763. The van der Waals surface area contributed by atoms with E-state index in [-0.39, 0.29) is 16.2 Å². The van der Waals surface area contributed by atoms with Crippen LogP contribution in [0.2, 0.25) is 0 Å². The molecule has 1 amide bonds. The van der Waals surface area contributed by atoms with Crippen molar-refractivity contribution < 1.29 is 13.6 Å². The Labute approximate surface area is 172 Å². The third kappa shape index (κ3) is 4.82. The van der Waals surface area contributed by atoms with Gasteiger partial charge in [0.25, 0.3) is 0 Å². The lowest BCUT2D eigenvalue weighted by molar-refractivity contribution is -0.116. The van der Waals surface area contributed by atoms with Crippen LogP contribution in [0, 0.1) is 11.6 Å². The maximum Gasteiger partial charge on any atom is 0.243 e. The molecule has 3 rings (SSSR count). The molecule has 3 aromatic rings. The topological polar surface area (TPSA) is 59.3 Å². The second-order valence-electron chi connectivity index (χ2n) is 7.50. The lowest BCUT2D eigenvalue weighted by Crippen LogP contribution is -2.19. The van der Waals surface area contributed by atoms with Crippen molar-refractivity contribution in [2.75, 3.05) is 6.54 Å². The SMILES string of the molecule is CCNC(=O)C=Cc1cc(F)cc(F)c1Sc1ccc2nnc(C(C)(C)C)n2c1. The summed E-state index contributed by atoms with van der Waals surface area (Å²) < 4.78 is 30.2. The number of benzene rings is 1. The predicted octanol–water partition coefficient (Wildman–Crippen LogP) is 4.61. The summed E-state index contributed by atoms with van der Waals surface area (Å²) in [6.07, 6.45) is 4.51. The van der Waals surface area contributed by atoms with Gasteiger partial charge in [0.1, 0.15) is 17.5 Å². The highest BCUT2D eigenvalue weighted by molar-refractivity contribution is 7.99. The molecule has 0 aliphatic rings. The molecule has 0 bridgehead atoms. The molecule has 2 aromatic heterocycles. The molecular formula is C21H22F2N4OS. The number of aromatic nitrogens is 3. The number of amides is 1. The molecule has 0 fully saturated rings. The van der Waals surface area contributed by atoms with Crippen molar-refractivity contribution >= 4 is 29.4 Å². The lowest BCUT2D eigenvalue weighted by Gasteiger charge is -2.16. The van der Waals surface area contributed by atoms with Gasteiger partial charge in [0.15, 0.2) is 5.65 Å². The standard InChI is InChI=1S/C21H22F2N4OS/c1-5-24-18(28)9-6-13-10-14(22)11-16(23)19(13)29-15-7-8-17-25-26-20(21(2,3)4)27(17)12-15/h6-12H,5H2,1-4H3,(H,24,28). The van der Waals surface area contributed by atoms with E-state index in [0.29, 0.717) is 17.8 Å². The molecule has 29 heavy (non-hydrogen) atoms. The number of rotatable bonds is 5. The number of nitrogens with one attached hydrogen (secondary N) is 1. The van der Waals surface area contributed by atoms with E-state index in [1.165, 1.54) is 18.2 Å². The van der Waals surface area contributed by atoms with Gasteiger partial charge in [-0.25, -0.2) is 8.78 Å². The van der Waals surface area contributed by atoms with Crippen LogP contribution in [0.1, 0.15) is 39.1 Å². The van der Waals surface area contributed by atoms with E-state index in [2.05, 4.69) is 15.5 Å². The molecule has 1 N–H and O–H groups in total. The van der Waals surface area contributed by atoms with E-state index in [9.17, 15) is 13.6 Å². The van der Waals surface area contributed by atoms with E-state index >= 15 is 0 Å². The quantitative estimate of drug-likeness (QED) is 0.618. The first-order chi connectivity index (χ1) is 13.7. The first kappa shape index (κ1) is 21.0. The summed E-state index contributed by atoms with van der Waals surface area (Å²) in [5.74, 6) is -0.933. The number of hydrogen-bond acceptors (Lipinski definition) is 4. The van der Waals surface area contributed by atoms with E-state index in [1.54, 1.807) is 19.1 Å². The molecule has 8 heteroatoms. The van der Waals surface area contributed by atoms with E-state index < -0.39 is 11.6 Å². The van der Waals surface area contributed by atoms with Gasteiger partial charge in [-0.3, -0.25) is 9.20 Å². The van der Waals surface area contributed by atoms with Crippen LogP contribution in [0.3, 0.4) is 0 Å². The molecule has 1 aromatic carbocycles. The average molecular weight is 416 g/mol. The summed E-state index contributed by atoms with van der Waals surface area (Å²) in [7, 11) is 0. The number of halogens is 2. The van der Waals surface area contributed by atoms with Gasteiger partial charge in [-0.1, -0.05) is 32.5 Å². The van der Waals surface area contributed by atoms with Gasteiger partial charge < -0.3 is 5.32 Å². The fourth-order valence-electron chi connectivity index (χ4n) is 2.77. The molecule has 0 spiro atoms. The highest BCUT2D eigenvalue weighted by Crippen LogP contribution is 2.35. The van der Waals surface area contributed by atoms with E-state index in [4.69, 9.17) is 0 Å². The van der Waals surface area contributed by atoms with Crippen LogP contribution >= 0.6 is 11.8 Å². The number of nitrogens with zero attached hydrogens (tertiary/aromatic N) is 3. The third-order valence-corrected chi connectivity index (χ3v) is 5.18. The first-order valence-corrected chi connectivity index (χ1v) is 9.98.